The molecular formula is C18H16N2OS. The third-order valence-corrected chi connectivity index (χ3v) is 4.21. The molecule has 2 heterocycles. The number of carbonyl (C=O) groups is 1. The van der Waals surface area contributed by atoms with E-state index in [2.05, 4.69) is 5.10 Å². The summed E-state index contributed by atoms with van der Waals surface area (Å²) in [6, 6.07) is 11.8. The summed E-state index contributed by atoms with van der Waals surface area (Å²) < 4.78 is 1.82. The number of allylic oxidation sites excluding steroid dienone is 1. The van der Waals surface area contributed by atoms with E-state index in [9.17, 15) is 4.79 Å². The molecule has 110 valence electrons. The normalized spacial score (nSPS) is 11.2. The van der Waals surface area contributed by atoms with Gasteiger partial charge >= 0.3 is 0 Å². The minimum atomic E-state index is -0.0108. The van der Waals surface area contributed by atoms with Crippen molar-refractivity contribution < 1.29 is 4.79 Å². The number of aromatic nitrogens is 2. The zero-order chi connectivity index (χ0) is 15.5. The van der Waals surface area contributed by atoms with Crippen LogP contribution in [0.25, 0.3) is 11.8 Å². The minimum absolute atomic E-state index is 0.0108. The van der Waals surface area contributed by atoms with E-state index < -0.39 is 0 Å². The number of nitrogens with zero attached hydrogens (tertiary/aromatic N) is 2. The Balaban J connectivity index is 1.95. The zero-order valence-corrected chi connectivity index (χ0v) is 13.3. The molecule has 3 aromatic rings. The van der Waals surface area contributed by atoms with Crippen molar-refractivity contribution in [3.8, 4) is 5.69 Å². The molecule has 0 radical (unpaired) electrons. The van der Waals surface area contributed by atoms with E-state index in [4.69, 9.17) is 0 Å². The van der Waals surface area contributed by atoms with E-state index >= 15 is 0 Å². The number of aryl methyl sites for hydroxylation is 1. The van der Waals surface area contributed by atoms with Crippen LogP contribution in [0.4, 0.5) is 0 Å². The van der Waals surface area contributed by atoms with Crippen molar-refractivity contribution in [1.29, 1.82) is 0 Å². The molecule has 0 unspecified atom stereocenters. The molecule has 1 aromatic carbocycles. The quantitative estimate of drug-likeness (QED) is 0.527. The Hall–Kier alpha value is -2.46. The molecule has 2 aromatic heterocycles. The third-order valence-electron chi connectivity index (χ3n) is 3.51. The average molecular weight is 308 g/mol. The lowest BCUT2D eigenvalue weighted by atomic mass is 10.1. The number of para-hydroxylation sites is 1. The largest absolute Gasteiger partial charge is 0.289 e. The fourth-order valence-electron chi connectivity index (χ4n) is 2.44. The predicted octanol–water partition coefficient (Wildman–Crippen LogP) is 4.45. The number of benzene rings is 1. The van der Waals surface area contributed by atoms with Gasteiger partial charge < -0.3 is 0 Å². The zero-order valence-electron chi connectivity index (χ0n) is 12.5. The van der Waals surface area contributed by atoms with E-state index in [1.807, 2.05) is 71.8 Å². The fourth-order valence-corrected chi connectivity index (χ4v) is 3.07. The highest BCUT2D eigenvalue weighted by molar-refractivity contribution is 7.08. The summed E-state index contributed by atoms with van der Waals surface area (Å²) in [5, 5.41) is 8.52. The molecule has 3 rings (SSSR count). The monoisotopic (exact) mass is 308 g/mol. The lowest BCUT2D eigenvalue weighted by Crippen LogP contribution is -2.01. The summed E-state index contributed by atoms with van der Waals surface area (Å²) in [7, 11) is 0. The minimum Gasteiger partial charge on any atom is -0.289 e. The second-order valence-electron chi connectivity index (χ2n) is 5.05. The first-order valence-electron chi connectivity index (χ1n) is 7.03. The summed E-state index contributed by atoms with van der Waals surface area (Å²) in [5.41, 5.74) is 4.30. The molecule has 0 fully saturated rings. The summed E-state index contributed by atoms with van der Waals surface area (Å²) in [5.74, 6) is -0.0108. The van der Waals surface area contributed by atoms with Crippen LogP contribution in [-0.4, -0.2) is 15.6 Å². The third kappa shape index (κ3) is 2.78. The summed E-state index contributed by atoms with van der Waals surface area (Å²) in [4.78, 5) is 12.5. The van der Waals surface area contributed by atoms with Crippen molar-refractivity contribution in [1.82, 2.24) is 9.78 Å². The number of ketones is 1. The molecule has 0 aliphatic carbocycles. The molecule has 0 saturated carbocycles. The smallest absolute Gasteiger partial charge is 0.189 e. The van der Waals surface area contributed by atoms with Crippen LogP contribution in [0.3, 0.4) is 0 Å². The molecule has 0 aliphatic heterocycles. The molecule has 0 bridgehead atoms. The first kappa shape index (κ1) is 14.5. The Bertz CT molecular complexity index is 814. The standard InChI is InChI=1S/C18H16N2OS/c1-13-18(17(21)9-8-15-10-11-22-12-15)14(2)20(19-13)16-6-4-3-5-7-16/h3-12H,1-2H3. The second kappa shape index (κ2) is 6.12. The van der Waals surface area contributed by atoms with Crippen LogP contribution >= 0.6 is 11.3 Å². The molecule has 0 saturated heterocycles. The van der Waals surface area contributed by atoms with Gasteiger partial charge in [-0.1, -0.05) is 24.3 Å². The van der Waals surface area contributed by atoms with Gasteiger partial charge in [0.15, 0.2) is 5.78 Å². The molecule has 0 amide bonds. The van der Waals surface area contributed by atoms with Crippen LogP contribution in [-0.2, 0) is 0 Å². The summed E-state index contributed by atoms with van der Waals surface area (Å²) >= 11 is 1.62. The number of hydrogen-bond acceptors (Lipinski definition) is 3. The van der Waals surface area contributed by atoms with Crippen molar-refractivity contribution in [3.05, 3.63) is 75.7 Å². The molecule has 0 aliphatic rings. The van der Waals surface area contributed by atoms with Gasteiger partial charge in [-0.15, -0.1) is 0 Å². The van der Waals surface area contributed by atoms with Crippen molar-refractivity contribution in [2.75, 3.05) is 0 Å². The van der Waals surface area contributed by atoms with Gasteiger partial charge in [-0.2, -0.15) is 16.4 Å². The number of hydrogen-bond donors (Lipinski definition) is 0. The van der Waals surface area contributed by atoms with Gasteiger partial charge in [0.05, 0.1) is 22.6 Å². The highest BCUT2D eigenvalue weighted by Crippen LogP contribution is 2.19. The van der Waals surface area contributed by atoms with Crippen molar-refractivity contribution in [2.45, 2.75) is 13.8 Å². The maximum absolute atomic E-state index is 12.5. The number of carbonyl (C=O) groups excluding carboxylic acids is 1. The molecule has 0 atom stereocenters. The van der Waals surface area contributed by atoms with Crippen molar-refractivity contribution >= 4 is 23.2 Å². The molecule has 3 nitrogen and oxygen atoms in total. The number of rotatable bonds is 4. The number of thiophene rings is 1. The molecule has 0 N–H and O–H groups in total. The molecule has 0 spiro atoms. The van der Waals surface area contributed by atoms with Crippen molar-refractivity contribution in [3.63, 3.8) is 0 Å². The Labute approximate surface area is 133 Å². The van der Waals surface area contributed by atoms with Crippen LogP contribution < -0.4 is 0 Å². The van der Waals surface area contributed by atoms with Crippen LogP contribution in [0, 0.1) is 13.8 Å². The van der Waals surface area contributed by atoms with Gasteiger partial charge in [0.2, 0.25) is 0 Å². The van der Waals surface area contributed by atoms with Crippen LogP contribution in [0.5, 0.6) is 0 Å². The van der Waals surface area contributed by atoms with Gasteiger partial charge in [0, 0.05) is 0 Å². The lowest BCUT2D eigenvalue weighted by Gasteiger charge is -2.03. The van der Waals surface area contributed by atoms with Gasteiger partial charge in [-0.05, 0) is 54.4 Å². The molecule has 4 heteroatoms. The van der Waals surface area contributed by atoms with Crippen LogP contribution in [0.15, 0.2) is 53.2 Å². The van der Waals surface area contributed by atoms with Gasteiger partial charge in [0.25, 0.3) is 0 Å². The summed E-state index contributed by atoms with van der Waals surface area (Å²) in [6.45, 7) is 3.80. The lowest BCUT2D eigenvalue weighted by molar-refractivity contribution is 0.104. The maximum atomic E-state index is 12.5. The summed E-state index contributed by atoms with van der Waals surface area (Å²) in [6.07, 6.45) is 3.46. The topological polar surface area (TPSA) is 34.9 Å². The molecular weight excluding hydrogens is 292 g/mol. The second-order valence-corrected chi connectivity index (χ2v) is 5.83. The Morgan fingerprint density at radius 3 is 2.64 bits per heavy atom. The van der Waals surface area contributed by atoms with Gasteiger partial charge in [-0.25, -0.2) is 4.68 Å². The van der Waals surface area contributed by atoms with Crippen molar-refractivity contribution in [2.24, 2.45) is 0 Å². The highest BCUT2D eigenvalue weighted by atomic mass is 32.1. The fraction of sp³-hybridized carbons (Fsp3) is 0.111. The SMILES string of the molecule is Cc1nn(-c2ccccc2)c(C)c1C(=O)C=Cc1ccsc1. The Morgan fingerprint density at radius 2 is 1.95 bits per heavy atom. The van der Waals surface area contributed by atoms with Gasteiger partial charge in [-0.3, -0.25) is 4.79 Å². The van der Waals surface area contributed by atoms with E-state index in [-0.39, 0.29) is 5.78 Å². The van der Waals surface area contributed by atoms with E-state index in [0.717, 1.165) is 22.6 Å². The molecule has 22 heavy (non-hydrogen) atoms. The van der Waals surface area contributed by atoms with Gasteiger partial charge in [0.1, 0.15) is 0 Å². The average Bonchev–Trinajstić information content (AvgIpc) is 3.14. The van der Waals surface area contributed by atoms with E-state index in [0.29, 0.717) is 5.56 Å². The van der Waals surface area contributed by atoms with E-state index in [1.165, 1.54) is 0 Å². The predicted molar refractivity (Wildman–Crippen MR) is 90.7 cm³/mol. The Kier molecular flexibility index (Phi) is 4.02. The Morgan fingerprint density at radius 1 is 1.18 bits per heavy atom. The van der Waals surface area contributed by atoms with Crippen LogP contribution in [0.2, 0.25) is 0 Å². The first-order chi connectivity index (χ1) is 10.7. The van der Waals surface area contributed by atoms with E-state index in [1.54, 1.807) is 17.4 Å². The highest BCUT2D eigenvalue weighted by Gasteiger charge is 2.17. The first-order valence-corrected chi connectivity index (χ1v) is 7.97. The van der Waals surface area contributed by atoms with Crippen LogP contribution in [0.1, 0.15) is 27.3 Å². The maximum Gasteiger partial charge on any atom is 0.189 e.